The van der Waals surface area contributed by atoms with Crippen molar-refractivity contribution in [2.75, 3.05) is 44.3 Å². The molecule has 3 aromatic rings. The average molecular weight is 470 g/mol. The number of thiazole rings is 1. The number of rotatable bonds is 11. The van der Waals surface area contributed by atoms with Crippen molar-refractivity contribution in [1.82, 2.24) is 9.88 Å². The van der Waals surface area contributed by atoms with Crippen LogP contribution in [0.1, 0.15) is 49.2 Å². The maximum Gasteiger partial charge on any atom is 0.260 e. The number of hydrogen-bond acceptors (Lipinski definition) is 6. The number of nitrogens with zero attached hydrogens (tertiary/aromatic N) is 3. The molecular weight excluding hydrogens is 434 g/mol. The monoisotopic (exact) mass is 469 g/mol. The second-order valence-electron chi connectivity index (χ2n) is 7.94. The Labute approximate surface area is 201 Å². The highest BCUT2D eigenvalue weighted by Crippen LogP contribution is 2.34. The van der Waals surface area contributed by atoms with Crippen LogP contribution in [0.5, 0.6) is 11.5 Å². The summed E-state index contributed by atoms with van der Waals surface area (Å²) in [6.45, 7) is 16.6. The summed E-state index contributed by atoms with van der Waals surface area (Å²) in [5.74, 6) is 1.15. The number of amides is 1. The van der Waals surface area contributed by atoms with Crippen LogP contribution < -0.4 is 14.4 Å². The fourth-order valence-electron chi connectivity index (χ4n) is 3.89. The number of likely N-dealkylation sites (N-methyl/N-ethyl adjacent to an activating group) is 1. The molecule has 0 unspecified atom stereocenters. The van der Waals surface area contributed by atoms with Crippen molar-refractivity contribution in [1.29, 1.82) is 0 Å². The summed E-state index contributed by atoms with van der Waals surface area (Å²) in [4.78, 5) is 22.8. The van der Waals surface area contributed by atoms with Crippen molar-refractivity contribution in [3.8, 4) is 11.5 Å². The van der Waals surface area contributed by atoms with E-state index in [4.69, 9.17) is 14.5 Å². The molecule has 0 bridgehead atoms. The number of hydrogen-bond donors (Lipinski definition) is 0. The first-order chi connectivity index (χ1) is 15.9. The first-order valence-corrected chi connectivity index (χ1v) is 12.5. The molecule has 0 aliphatic rings. The molecule has 0 N–H and O–H groups in total. The summed E-state index contributed by atoms with van der Waals surface area (Å²) in [5, 5.41) is 0.725. The lowest BCUT2D eigenvalue weighted by Gasteiger charge is -2.25. The van der Waals surface area contributed by atoms with Crippen molar-refractivity contribution >= 4 is 32.6 Å². The van der Waals surface area contributed by atoms with Crippen LogP contribution >= 0.6 is 11.3 Å². The summed E-state index contributed by atoms with van der Waals surface area (Å²) in [6.07, 6.45) is 0. The van der Waals surface area contributed by atoms with Gasteiger partial charge in [-0.3, -0.25) is 9.69 Å². The molecule has 1 amide bonds. The minimum atomic E-state index is -0.0837. The van der Waals surface area contributed by atoms with Crippen molar-refractivity contribution in [2.24, 2.45) is 0 Å². The highest BCUT2D eigenvalue weighted by Gasteiger charge is 2.23. The number of carbonyl (C=O) groups is 1. The predicted octanol–water partition coefficient (Wildman–Crippen LogP) is 5.70. The number of anilines is 1. The Morgan fingerprint density at radius 3 is 2.30 bits per heavy atom. The van der Waals surface area contributed by atoms with Gasteiger partial charge >= 0.3 is 0 Å². The van der Waals surface area contributed by atoms with Gasteiger partial charge in [0.1, 0.15) is 0 Å². The normalized spacial score (nSPS) is 11.2. The molecule has 0 fully saturated rings. The highest BCUT2D eigenvalue weighted by molar-refractivity contribution is 7.22. The summed E-state index contributed by atoms with van der Waals surface area (Å²) in [5.41, 5.74) is 3.86. The van der Waals surface area contributed by atoms with Crippen LogP contribution in [-0.4, -0.2) is 55.2 Å². The van der Waals surface area contributed by atoms with E-state index in [2.05, 4.69) is 44.7 Å². The maximum absolute atomic E-state index is 13.8. The molecule has 2 aromatic carbocycles. The second-order valence-corrected chi connectivity index (χ2v) is 8.92. The standard InChI is InChI=1S/C26H35N3O3S/c1-7-28(8-2)13-14-29(26-27-21-16-18(5)15-19(6)24(21)33-26)25(30)20-11-12-22(31-9-3)23(17-20)32-10-4/h11-12,15-17H,7-10,13-14H2,1-6H3. The Morgan fingerprint density at radius 1 is 0.939 bits per heavy atom. The van der Waals surface area contributed by atoms with Gasteiger partial charge in [0, 0.05) is 18.7 Å². The molecule has 0 saturated heterocycles. The molecule has 0 aliphatic carbocycles. The van der Waals surface area contributed by atoms with Crippen LogP contribution in [0.3, 0.4) is 0 Å². The molecular formula is C26H35N3O3S. The quantitative estimate of drug-likeness (QED) is 0.361. The molecule has 178 valence electrons. The van der Waals surface area contributed by atoms with E-state index in [-0.39, 0.29) is 5.91 Å². The molecule has 0 atom stereocenters. The van der Waals surface area contributed by atoms with Crippen molar-refractivity contribution in [3.63, 3.8) is 0 Å². The Kier molecular flexibility index (Phi) is 8.69. The van der Waals surface area contributed by atoms with E-state index in [9.17, 15) is 4.79 Å². The zero-order valence-corrected chi connectivity index (χ0v) is 21.4. The summed E-state index contributed by atoms with van der Waals surface area (Å²) >= 11 is 1.58. The van der Waals surface area contributed by atoms with E-state index in [1.54, 1.807) is 17.4 Å². The van der Waals surface area contributed by atoms with Gasteiger partial charge < -0.3 is 14.4 Å². The predicted molar refractivity (Wildman–Crippen MR) is 137 cm³/mol. The van der Waals surface area contributed by atoms with Gasteiger partial charge in [-0.1, -0.05) is 31.3 Å². The van der Waals surface area contributed by atoms with Gasteiger partial charge in [-0.15, -0.1) is 0 Å². The smallest absolute Gasteiger partial charge is 0.260 e. The summed E-state index contributed by atoms with van der Waals surface area (Å²) < 4.78 is 12.6. The molecule has 33 heavy (non-hydrogen) atoms. The van der Waals surface area contributed by atoms with Crippen LogP contribution in [0.15, 0.2) is 30.3 Å². The van der Waals surface area contributed by atoms with E-state index in [1.807, 2.05) is 30.9 Å². The first kappa shape index (κ1) is 25.0. The van der Waals surface area contributed by atoms with E-state index in [0.29, 0.717) is 36.8 Å². The van der Waals surface area contributed by atoms with Crippen LogP contribution in [0, 0.1) is 13.8 Å². The van der Waals surface area contributed by atoms with Gasteiger partial charge in [0.25, 0.3) is 5.91 Å². The number of aromatic nitrogens is 1. The minimum absolute atomic E-state index is 0.0837. The summed E-state index contributed by atoms with van der Waals surface area (Å²) in [6, 6.07) is 9.65. The van der Waals surface area contributed by atoms with E-state index in [1.165, 1.54) is 11.1 Å². The third kappa shape index (κ3) is 5.84. The van der Waals surface area contributed by atoms with E-state index >= 15 is 0 Å². The zero-order chi connectivity index (χ0) is 24.0. The number of benzene rings is 2. The Morgan fingerprint density at radius 2 is 1.64 bits per heavy atom. The highest BCUT2D eigenvalue weighted by atomic mass is 32.1. The zero-order valence-electron chi connectivity index (χ0n) is 20.6. The molecule has 6 nitrogen and oxygen atoms in total. The van der Waals surface area contributed by atoms with Gasteiger partial charge in [-0.25, -0.2) is 4.98 Å². The van der Waals surface area contributed by atoms with Crippen molar-refractivity contribution in [3.05, 3.63) is 47.0 Å². The molecule has 7 heteroatoms. The average Bonchev–Trinajstić information content (AvgIpc) is 3.22. The Hall–Kier alpha value is -2.64. The van der Waals surface area contributed by atoms with Gasteiger partial charge in [0.05, 0.1) is 23.4 Å². The number of fused-ring (bicyclic) bond motifs is 1. The lowest BCUT2D eigenvalue weighted by Crippen LogP contribution is -2.38. The number of ether oxygens (including phenoxy) is 2. The molecule has 0 radical (unpaired) electrons. The maximum atomic E-state index is 13.8. The Bertz CT molecular complexity index is 1090. The molecule has 3 rings (SSSR count). The summed E-state index contributed by atoms with van der Waals surface area (Å²) in [7, 11) is 0. The van der Waals surface area contributed by atoms with Crippen molar-refractivity contribution in [2.45, 2.75) is 41.5 Å². The van der Waals surface area contributed by atoms with Gasteiger partial charge in [0.15, 0.2) is 16.6 Å². The van der Waals surface area contributed by atoms with Gasteiger partial charge in [0.2, 0.25) is 0 Å². The van der Waals surface area contributed by atoms with E-state index < -0.39 is 0 Å². The van der Waals surface area contributed by atoms with Crippen molar-refractivity contribution < 1.29 is 14.3 Å². The molecule has 1 aromatic heterocycles. The lowest BCUT2D eigenvalue weighted by atomic mass is 10.1. The van der Waals surface area contributed by atoms with Gasteiger partial charge in [-0.05, 0) is 76.2 Å². The van der Waals surface area contributed by atoms with Crippen LogP contribution in [-0.2, 0) is 0 Å². The molecule has 0 aliphatic heterocycles. The topological polar surface area (TPSA) is 54.9 Å². The number of carbonyl (C=O) groups excluding carboxylic acids is 1. The van der Waals surface area contributed by atoms with Crippen LogP contribution in [0.25, 0.3) is 10.2 Å². The number of aryl methyl sites for hydroxylation is 2. The largest absolute Gasteiger partial charge is 0.490 e. The molecule has 1 heterocycles. The SMILES string of the molecule is CCOc1ccc(C(=O)N(CCN(CC)CC)c2nc3cc(C)cc(C)c3s2)cc1OCC. The third-order valence-corrected chi connectivity index (χ3v) is 6.84. The van der Waals surface area contributed by atoms with E-state index in [0.717, 1.165) is 35.0 Å². The fraction of sp³-hybridized carbons (Fsp3) is 0.462. The van der Waals surface area contributed by atoms with Crippen LogP contribution in [0.2, 0.25) is 0 Å². The first-order valence-electron chi connectivity index (χ1n) is 11.7. The minimum Gasteiger partial charge on any atom is -0.490 e. The lowest BCUT2D eigenvalue weighted by molar-refractivity contribution is 0.0983. The Balaban J connectivity index is 2.01. The van der Waals surface area contributed by atoms with Crippen LogP contribution in [0.4, 0.5) is 5.13 Å². The third-order valence-electron chi connectivity index (χ3n) is 5.61. The molecule has 0 spiro atoms. The molecule has 0 saturated carbocycles. The fourth-order valence-corrected chi connectivity index (χ4v) is 4.93. The van der Waals surface area contributed by atoms with Gasteiger partial charge in [-0.2, -0.15) is 0 Å². The second kappa shape index (κ2) is 11.5.